The molecule has 0 aliphatic heterocycles. The minimum Gasteiger partial charge on any atom is -0.444 e. The molecule has 1 aliphatic rings. The lowest BCUT2D eigenvalue weighted by Crippen LogP contribution is -2.50. The van der Waals surface area contributed by atoms with Crippen LogP contribution in [-0.2, 0) is 4.74 Å². The van der Waals surface area contributed by atoms with Crippen molar-refractivity contribution in [2.45, 2.75) is 97.8 Å². The van der Waals surface area contributed by atoms with E-state index < -0.39 is 5.60 Å². The van der Waals surface area contributed by atoms with E-state index in [2.05, 4.69) is 31.4 Å². The van der Waals surface area contributed by atoms with E-state index in [0.29, 0.717) is 30.5 Å². The number of hydrogen-bond acceptors (Lipinski definition) is 3. The van der Waals surface area contributed by atoms with Crippen molar-refractivity contribution in [3.05, 3.63) is 0 Å². The van der Waals surface area contributed by atoms with Crippen LogP contribution in [0, 0.1) is 11.8 Å². The summed E-state index contributed by atoms with van der Waals surface area (Å²) in [6.07, 6.45) is 7.36. The van der Waals surface area contributed by atoms with Crippen LogP contribution in [0.25, 0.3) is 0 Å². The molecule has 0 radical (unpaired) electrons. The number of amides is 1. The van der Waals surface area contributed by atoms with E-state index in [1.807, 2.05) is 20.8 Å². The van der Waals surface area contributed by atoms with Crippen molar-refractivity contribution in [2.24, 2.45) is 11.8 Å². The highest BCUT2D eigenvalue weighted by Crippen LogP contribution is 2.27. The van der Waals surface area contributed by atoms with E-state index >= 15 is 0 Å². The summed E-state index contributed by atoms with van der Waals surface area (Å²) >= 11 is 0. The molecular formula is C19H38N2O2. The zero-order valence-corrected chi connectivity index (χ0v) is 16.1. The predicted octanol–water partition coefficient (Wildman–Crippen LogP) is 4.48. The van der Waals surface area contributed by atoms with Gasteiger partial charge in [0, 0.05) is 18.6 Å². The number of alkyl carbamates (subject to hydrolysis) is 1. The Balaban J connectivity index is 2.54. The maximum Gasteiger partial charge on any atom is 0.407 e. The average Bonchev–Trinajstić information content (AvgIpc) is 2.41. The second kappa shape index (κ2) is 9.51. The fourth-order valence-corrected chi connectivity index (χ4v) is 3.55. The van der Waals surface area contributed by atoms with Gasteiger partial charge < -0.3 is 15.4 Å². The van der Waals surface area contributed by atoms with Crippen molar-refractivity contribution in [1.82, 2.24) is 10.6 Å². The predicted molar refractivity (Wildman–Crippen MR) is 96.7 cm³/mol. The Bertz CT molecular complexity index is 344. The topological polar surface area (TPSA) is 50.4 Å². The Morgan fingerprint density at radius 2 is 1.74 bits per heavy atom. The first kappa shape index (κ1) is 20.3. The maximum atomic E-state index is 11.9. The smallest absolute Gasteiger partial charge is 0.407 e. The molecule has 4 nitrogen and oxygen atoms in total. The Morgan fingerprint density at radius 3 is 2.26 bits per heavy atom. The van der Waals surface area contributed by atoms with Gasteiger partial charge in [-0.3, -0.25) is 0 Å². The molecule has 1 saturated carbocycles. The molecule has 2 atom stereocenters. The standard InChI is InChI=1S/C19H38N2O2/c1-14(2)12-15(3)21-17(16-10-8-7-9-11-16)13-20-18(22)23-19(4,5)6/h14-17,21H,7-13H2,1-6H3,(H,20,22). The van der Waals surface area contributed by atoms with Crippen LogP contribution in [0.2, 0.25) is 0 Å². The zero-order chi connectivity index (χ0) is 17.5. The zero-order valence-electron chi connectivity index (χ0n) is 16.1. The third-order valence-electron chi connectivity index (χ3n) is 4.41. The highest BCUT2D eigenvalue weighted by Gasteiger charge is 2.26. The number of hydrogen-bond donors (Lipinski definition) is 2. The van der Waals surface area contributed by atoms with E-state index in [-0.39, 0.29) is 6.09 Å². The largest absolute Gasteiger partial charge is 0.444 e. The first-order valence-corrected chi connectivity index (χ1v) is 9.40. The SMILES string of the molecule is CC(C)CC(C)NC(CNC(=O)OC(C)(C)C)C1CCCCC1. The van der Waals surface area contributed by atoms with Crippen molar-refractivity contribution >= 4 is 6.09 Å². The first-order valence-electron chi connectivity index (χ1n) is 9.40. The highest BCUT2D eigenvalue weighted by atomic mass is 16.6. The molecule has 0 spiro atoms. The molecule has 2 unspecified atom stereocenters. The van der Waals surface area contributed by atoms with Crippen LogP contribution in [0.5, 0.6) is 0 Å². The van der Waals surface area contributed by atoms with Gasteiger partial charge in [0.15, 0.2) is 0 Å². The Kier molecular flexibility index (Phi) is 8.38. The number of carbonyl (C=O) groups excluding carboxylic acids is 1. The van der Waals surface area contributed by atoms with Gasteiger partial charge >= 0.3 is 6.09 Å². The summed E-state index contributed by atoms with van der Waals surface area (Å²) in [5, 5.41) is 6.74. The Labute approximate surface area is 143 Å². The van der Waals surface area contributed by atoms with E-state index in [9.17, 15) is 4.79 Å². The van der Waals surface area contributed by atoms with E-state index in [1.54, 1.807) is 0 Å². The molecular weight excluding hydrogens is 288 g/mol. The van der Waals surface area contributed by atoms with Gasteiger partial charge in [-0.15, -0.1) is 0 Å². The van der Waals surface area contributed by atoms with Crippen molar-refractivity contribution in [1.29, 1.82) is 0 Å². The molecule has 4 heteroatoms. The molecule has 0 aromatic rings. The van der Waals surface area contributed by atoms with Crippen LogP contribution >= 0.6 is 0 Å². The van der Waals surface area contributed by atoms with Crippen molar-refractivity contribution in [3.63, 3.8) is 0 Å². The molecule has 0 aromatic carbocycles. The maximum absolute atomic E-state index is 11.9. The van der Waals surface area contributed by atoms with Crippen LogP contribution < -0.4 is 10.6 Å². The minimum atomic E-state index is -0.442. The summed E-state index contributed by atoms with van der Waals surface area (Å²) in [6, 6.07) is 0.818. The van der Waals surface area contributed by atoms with Crippen LogP contribution in [0.3, 0.4) is 0 Å². The molecule has 1 fully saturated rings. The summed E-state index contributed by atoms with van der Waals surface area (Å²) in [5.41, 5.74) is -0.442. The summed E-state index contributed by atoms with van der Waals surface area (Å²) in [4.78, 5) is 11.9. The number of carbonyl (C=O) groups is 1. The fourth-order valence-electron chi connectivity index (χ4n) is 3.55. The molecule has 0 aromatic heterocycles. The third-order valence-corrected chi connectivity index (χ3v) is 4.41. The lowest BCUT2D eigenvalue weighted by molar-refractivity contribution is 0.0514. The number of ether oxygens (including phenoxy) is 1. The summed E-state index contributed by atoms with van der Waals surface area (Å²) in [6.45, 7) is 13.1. The third kappa shape index (κ3) is 9.19. The first-order chi connectivity index (χ1) is 10.7. The van der Waals surface area contributed by atoms with Crippen molar-refractivity contribution in [2.75, 3.05) is 6.54 Å². The van der Waals surface area contributed by atoms with Gasteiger partial charge in [0.2, 0.25) is 0 Å². The summed E-state index contributed by atoms with van der Waals surface area (Å²) in [7, 11) is 0. The van der Waals surface area contributed by atoms with E-state index in [1.165, 1.54) is 32.1 Å². The van der Waals surface area contributed by atoms with Crippen LogP contribution in [0.4, 0.5) is 4.79 Å². The quantitative estimate of drug-likeness (QED) is 0.725. The van der Waals surface area contributed by atoms with Gasteiger partial charge in [-0.05, 0) is 58.8 Å². The van der Waals surface area contributed by atoms with Crippen LogP contribution in [0.15, 0.2) is 0 Å². The van der Waals surface area contributed by atoms with Gasteiger partial charge in [-0.2, -0.15) is 0 Å². The van der Waals surface area contributed by atoms with Gasteiger partial charge in [0.05, 0.1) is 0 Å². The van der Waals surface area contributed by atoms with Crippen molar-refractivity contribution in [3.8, 4) is 0 Å². The van der Waals surface area contributed by atoms with Gasteiger partial charge in [-0.1, -0.05) is 33.1 Å². The molecule has 1 amide bonds. The minimum absolute atomic E-state index is 0.309. The van der Waals surface area contributed by atoms with Crippen LogP contribution in [0.1, 0.15) is 80.1 Å². The lowest BCUT2D eigenvalue weighted by atomic mass is 9.83. The number of rotatable bonds is 7. The Hall–Kier alpha value is -0.770. The lowest BCUT2D eigenvalue weighted by Gasteiger charge is -2.34. The van der Waals surface area contributed by atoms with Crippen molar-refractivity contribution < 1.29 is 9.53 Å². The molecule has 136 valence electrons. The van der Waals surface area contributed by atoms with E-state index in [4.69, 9.17) is 4.74 Å². The van der Waals surface area contributed by atoms with Gasteiger partial charge in [0.25, 0.3) is 0 Å². The summed E-state index contributed by atoms with van der Waals surface area (Å²) < 4.78 is 5.37. The van der Waals surface area contributed by atoms with Gasteiger partial charge in [0.1, 0.15) is 5.60 Å². The second-order valence-corrected chi connectivity index (χ2v) is 8.58. The molecule has 0 bridgehead atoms. The second-order valence-electron chi connectivity index (χ2n) is 8.58. The van der Waals surface area contributed by atoms with E-state index in [0.717, 1.165) is 6.42 Å². The molecule has 1 aliphatic carbocycles. The molecule has 0 saturated heterocycles. The Morgan fingerprint density at radius 1 is 1.13 bits per heavy atom. The molecule has 2 N–H and O–H groups in total. The van der Waals surface area contributed by atoms with Gasteiger partial charge in [-0.25, -0.2) is 4.79 Å². The molecule has 23 heavy (non-hydrogen) atoms. The fraction of sp³-hybridized carbons (Fsp3) is 0.947. The van der Waals surface area contributed by atoms with Crippen LogP contribution in [-0.4, -0.2) is 30.3 Å². The number of nitrogens with one attached hydrogen (secondary N) is 2. The average molecular weight is 327 g/mol. The summed E-state index contributed by atoms with van der Waals surface area (Å²) in [5.74, 6) is 1.34. The molecule has 0 heterocycles. The molecule has 1 rings (SSSR count). The highest BCUT2D eigenvalue weighted by molar-refractivity contribution is 5.67. The normalized spacial score (nSPS) is 19.4. The monoisotopic (exact) mass is 326 g/mol.